The molecule has 1 aliphatic heterocycles. The zero-order valence-corrected chi connectivity index (χ0v) is 9.10. The number of hydrogen-bond acceptors (Lipinski definition) is 4. The van der Waals surface area contributed by atoms with Crippen LogP contribution in [-0.2, 0) is 6.54 Å². The van der Waals surface area contributed by atoms with Gasteiger partial charge in [-0.1, -0.05) is 0 Å². The Hall–Kier alpha value is -1.89. The lowest BCUT2D eigenvalue weighted by atomic mass is 10.2. The van der Waals surface area contributed by atoms with Crippen molar-refractivity contribution in [3.63, 3.8) is 0 Å². The molecule has 7 heteroatoms. The number of aromatic amines is 1. The topological polar surface area (TPSA) is 104 Å². The van der Waals surface area contributed by atoms with E-state index >= 15 is 0 Å². The van der Waals surface area contributed by atoms with E-state index in [0.29, 0.717) is 6.54 Å². The van der Waals surface area contributed by atoms with Gasteiger partial charge in [-0.2, -0.15) is 0 Å². The molecule has 7 nitrogen and oxygen atoms in total. The van der Waals surface area contributed by atoms with Crippen LogP contribution in [0.2, 0.25) is 0 Å². The lowest BCUT2D eigenvalue weighted by Crippen LogP contribution is -2.37. The molecule has 1 saturated heterocycles. The van der Waals surface area contributed by atoms with E-state index in [2.05, 4.69) is 5.32 Å². The Morgan fingerprint density at radius 1 is 1.53 bits per heavy atom. The first-order chi connectivity index (χ1) is 8.08. The fourth-order valence-corrected chi connectivity index (χ4v) is 1.95. The van der Waals surface area contributed by atoms with Crippen molar-refractivity contribution in [3.05, 3.63) is 32.6 Å². The van der Waals surface area contributed by atoms with Crippen LogP contribution in [-0.4, -0.2) is 33.2 Å². The quantitative estimate of drug-likeness (QED) is 0.626. The molecule has 2 rings (SSSR count). The third-order valence-electron chi connectivity index (χ3n) is 2.82. The molecule has 0 aliphatic carbocycles. The number of rotatable bonds is 3. The van der Waals surface area contributed by atoms with Crippen LogP contribution in [0.15, 0.2) is 15.8 Å². The molecule has 2 heterocycles. The van der Waals surface area contributed by atoms with Crippen LogP contribution in [0, 0.1) is 0 Å². The van der Waals surface area contributed by atoms with Gasteiger partial charge in [-0.05, 0) is 19.4 Å². The van der Waals surface area contributed by atoms with Crippen molar-refractivity contribution < 1.29 is 9.90 Å². The van der Waals surface area contributed by atoms with Crippen LogP contribution in [0.3, 0.4) is 0 Å². The number of carboxylic acids is 1. The molecule has 0 bridgehead atoms. The molecule has 1 atom stereocenters. The Bertz CT molecular complexity index is 539. The minimum atomic E-state index is -1.33. The van der Waals surface area contributed by atoms with E-state index in [1.807, 2.05) is 4.98 Å². The van der Waals surface area contributed by atoms with Crippen molar-refractivity contribution in [3.8, 4) is 0 Å². The Morgan fingerprint density at radius 2 is 2.29 bits per heavy atom. The van der Waals surface area contributed by atoms with E-state index in [1.165, 1.54) is 4.57 Å². The summed E-state index contributed by atoms with van der Waals surface area (Å²) in [6, 6.07) is 0.153. The van der Waals surface area contributed by atoms with E-state index in [-0.39, 0.29) is 6.04 Å². The minimum absolute atomic E-state index is 0.153. The predicted molar refractivity (Wildman–Crippen MR) is 59.3 cm³/mol. The first-order valence-corrected chi connectivity index (χ1v) is 5.38. The summed E-state index contributed by atoms with van der Waals surface area (Å²) in [6.45, 7) is 1.27. The summed E-state index contributed by atoms with van der Waals surface area (Å²) in [5.74, 6) is -1.33. The molecule has 1 aromatic heterocycles. The molecular formula is C10H13N3O4. The van der Waals surface area contributed by atoms with Crippen LogP contribution in [0.4, 0.5) is 0 Å². The largest absolute Gasteiger partial charge is 0.477 e. The van der Waals surface area contributed by atoms with Gasteiger partial charge in [-0.25, -0.2) is 9.59 Å². The van der Waals surface area contributed by atoms with Gasteiger partial charge in [0.1, 0.15) is 5.56 Å². The van der Waals surface area contributed by atoms with Crippen molar-refractivity contribution in [2.45, 2.75) is 25.4 Å². The molecule has 0 radical (unpaired) electrons. The van der Waals surface area contributed by atoms with E-state index in [9.17, 15) is 14.4 Å². The molecule has 92 valence electrons. The smallest absolute Gasteiger partial charge is 0.342 e. The Kier molecular flexibility index (Phi) is 3.10. The highest BCUT2D eigenvalue weighted by Crippen LogP contribution is 2.06. The molecule has 3 N–H and O–H groups in total. The molecule has 0 unspecified atom stereocenters. The van der Waals surface area contributed by atoms with Gasteiger partial charge >= 0.3 is 11.7 Å². The van der Waals surface area contributed by atoms with Gasteiger partial charge in [0, 0.05) is 18.8 Å². The summed E-state index contributed by atoms with van der Waals surface area (Å²) in [5.41, 5.74) is -1.85. The fourth-order valence-electron chi connectivity index (χ4n) is 1.95. The zero-order valence-electron chi connectivity index (χ0n) is 9.10. The first kappa shape index (κ1) is 11.6. The van der Waals surface area contributed by atoms with Crippen molar-refractivity contribution in [2.24, 2.45) is 0 Å². The van der Waals surface area contributed by atoms with E-state index in [1.54, 1.807) is 0 Å². The van der Waals surface area contributed by atoms with Crippen molar-refractivity contribution in [1.82, 2.24) is 14.9 Å². The number of carbonyl (C=O) groups is 1. The first-order valence-electron chi connectivity index (χ1n) is 5.38. The summed E-state index contributed by atoms with van der Waals surface area (Å²) < 4.78 is 1.23. The highest BCUT2D eigenvalue weighted by atomic mass is 16.4. The highest BCUT2D eigenvalue weighted by molar-refractivity contribution is 5.86. The van der Waals surface area contributed by atoms with Crippen molar-refractivity contribution >= 4 is 5.97 Å². The Morgan fingerprint density at radius 3 is 2.88 bits per heavy atom. The highest BCUT2D eigenvalue weighted by Gasteiger charge is 2.17. The lowest BCUT2D eigenvalue weighted by molar-refractivity contribution is 0.0693. The number of nitrogens with one attached hydrogen (secondary N) is 2. The minimum Gasteiger partial charge on any atom is -0.477 e. The Labute approximate surface area is 96.1 Å². The number of aromatic nitrogens is 2. The number of H-pyrrole nitrogens is 1. The summed E-state index contributed by atoms with van der Waals surface area (Å²) in [7, 11) is 0. The normalized spacial score (nSPS) is 19.4. The van der Waals surface area contributed by atoms with Gasteiger partial charge in [0.15, 0.2) is 0 Å². The summed E-state index contributed by atoms with van der Waals surface area (Å²) in [5, 5.41) is 12.0. The third-order valence-corrected chi connectivity index (χ3v) is 2.82. The van der Waals surface area contributed by atoms with Crippen LogP contribution >= 0.6 is 0 Å². The van der Waals surface area contributed by atoms with Gasteiger partial charge in [0.05, 0.1) is 0 Å². The lowest BCUT2D eigenvalue weighted by Gasteiger charge is -2.12. The van der Waals surface area contributed by atoms with Gasteiger partial charge < -0.3 is 10.4 Å². The average molecular weight is 239 g/mol. The van der Waals surface area contributed by atoms with Crippen molar-refractivity contribution in [2.75, 3.05) is 6.54 Å². The van der Waals surface area contributed by atoms with Crippen LogP contribution in [0.1, 0.15) is 23.2 Å². The summed E-state index contributed by atoms with van der Waals surface area (Å²) in [4.78, 5) is 35.5. The van der Waals surface area contributed by atoms with Crippen LogP contribution in [0.5, 0.6) is 0 Å². The maximum Gasteiger partial charge on any atom is 0.342 e. The second-order valence-electron chi connectivity index (χ2n) is 4.05. The molecule has 0 saturated carbocycles. The molecule has 0 amide bonds. The number of nitrogens with zero attached hydrogens (tertiary/aromatic N) is 1. The third kappa shape index (κ3) is 2.44. The second kappa shape index (κ2) is 4.54. The molecule has 1 fully saturated rings. The van der Waals surface area contributed by atoms with Crippen LogP contribution in [0.25, 0.3) is 0 Å². The second-order valence-corrected chi connectivity index (χ2v) is 4.05. The molecule has 0 spiro atoms. The molecular weight excluding hydrogens is 226 g/mol. The number of aromatic carboxylic acids is 1. The average Bonchev–Trinajstić information content (AvgIpc) is 2.74. The predicted octanol–water partition coefficient (Wildman–Crippen LogP) is -1.01. The zero-order chi connectivity index (χ0) is 12.4. The molecule has 17 heavy (non-hydrogen) atoms. The Balaban J connectivity index is 2.33. The molecule has 0 aromatic carbocycles. The summed E-state index contributed by atoms with van der Waals surface area (Å²) >= 11 is 0. The van der Waals surface area contributed by atoms with E-state index in [4.69, 9.17) is 5.11 Å². The monoisotopic (exact) mass is 239 g/mol. The van der Waals surface area contributed by atoms with Gasteiger partial charge in [0.2, 0.25) is 0 Å². The molecule has 1 aliphatic rings. The van der Waals surface area contributed by atoms with Gasteiger partial charge in [0.25, 0.3) is 5.56 Å². The van der Waals surface area contributed by atoms with E-state index in [0.717, 1.165) is 25.6 Å². The maximum atomic E-state index is 11.5. The van der Waals surface area contributed by atoms with Crippen molar-refractivity contribution in [1.29, 1.82) is 0 Å². The molecule has 1 aromatic rings. The number of carboxylic acid groups (broad SMARTS) is 1. The standard InChI is InChI=1S/C10H13N3O4/c14-8-7(9(15)16)5-13(10(17)12-8)4-6-2-1-3-11-6/h5-6,11H,1-4H2,(H,15,16)(H,12,14,17)/t6-/m1/s1. The van der Waals surface area contributed by atoms with Gasteiger partial charge in [-0.15, -0.1) is 0 Å². The fraction of sp³-hybridized carbons (Fsp3) is 0.500. The van der Waals surface area contributed by atoms with E-state index < -0.39 is 22.8 Å². The maximum absolute atomic E-state index is 11.5. The van der Waals surface area contributed by atoms with Crippen LogP contribution < -0.4 is 16.6 Å². The summed E-state index contributed by atoms with van der Waals surface area (Å²) in [6.07, 6.45) is 3.08. The number of hydrogen-bond donors (Lipinski definition) is 3. The SMILES string of the molecule is O=C(O)c1cn(C[C@H]2CCCN2)c(=O)[nH]c1=O. The van der Waals surface area contributed by atoms with Gasteiger partial charge in [-0.3, -0.25) is 14.3 Å².